The number of nitrogens with one attached hydrogen (secondary N) is 1. The van der Waals surface area contributed by atoms with E-state index >= 15 is 0 Å². The quantitative estimate of drug-likeness (QED) is 0.739. The molecule has 0 radical (unpaired) electrons. The monoisotopic (exact) mass is 378 g/mol. The first-order valence-electron chi connectivity index (χ1n) is 8.87. The first-order chi connectivity index (χ1) is 12.3. The molecule has 1 unspecified atom stereocenters. The van der Waals surface area contributed by atoms with Crippen LogP contribution in [0.1, 0.15) is 38.7 Å². The van der Waals surface area contributed by atoms with Gasteiger partial charge in [-0.15, -0.1) is 0 Å². The summed E-state index contributed by atoms with van der Waals surface area (Å²) in [7, 11) is -3.03. The summed E-state index contributed by atoms with van der Waals surface area (Å²) in [5, 5.41) is 2.69. The molecular formula is C19H26N2O4S. The molecule has 1 aliphatic rings. The van der Waals surface area contributed by atoms with Crippen LogP contribution in [-0.2, 0) is 19.4 Å². The van der Waals surface area contributed by atoms with E-state index in [0.717, 1.165) is 18.4 Å². The summed E-state index contributed by atoms with van der Waals surface area (Å²) in [5.41, 5.74) is 1.53. The Morgan fingerprint density at radius 1 is 1.27 bits per heavy atom. The number of benzene rings is 1. The minimum Gasteiger partial charge on any atom is -0.335 e. The molecule has 1 aromatic rings. The van der Waals surface area contributed by atoms with Crippen LogP contribution in [0.25, 0.3) is 6.08 Å². The van der Waals surface area contributed by atoms with Gasteiger partial charge in [-0.1, -0.05) is 25.5 Å². The van der Waals surface area contributed by atoms with Crippen LogP contribution < -0.4 is 5.32 Å². The smallest absolute Gasteiger partial charge is 0.246 e. The lowest BCUT2D eigenvalue weighted by atomic mass is 10.1. The predicted molar refractivity (Wildman–Crippen MR) is 103 cm³/mol. The van der Waals surface area contributed by atoms with E-state index < -0.39 is 9.84 Å². The fraction of sp³-hybridized carbons (Fsp3) is 0.474. The normalized spacial score (nSPS) is 18.8. The van der Waals surface area contributed by atoms with Gasteiger partial charge in [-0.25, -0.2) is 8.42 Å². The molecule has 26 heavy (non-hydrogen) atoms. The molecule has 1 aromatic carbocycles. The van der Waals surface area contributed by atoms with Gasteiger partial charge in [-0.05, 0) is 36.6 Å². The van der Waals surface area contributed by atoms with Crippen LogP contribution in [0.15, 0.2) is 30.3 Å². The summed E-state index contributed by atoms with van der Waals surface area (Å²) in [6.07, 6.45) is 5.51. The Morgan fingerprint density at radius 2 is 1.96 bits per heavy atom. The standard InChI is InChI=1S/C19H26N2O4S/c1-3-4-12-21(18-11-13-26(24,25)14-18)19(23)10-7-16-5-8-17(9-6-16)20-15(2)22/h5-10,18H,3-4,11-14H2,1-2H3,(H,20,22)/b10-7+. The van der Waals surface area contributed by atoms with E-state index in [1.807, 2.05) is 19.1 Å². The number of sulfone groups is 1. The highest BCUT2D eigenvalue weighted by Gasteiger charge is 2.33. The molecule has 2 rings (SSSR count). The Bertz CT molecular complexity index is 769. The van der Waals surface area contributed by atoms with Crippen molar-refractivity contribution in [3.63, 3.8) is 0 Å². The van der Waals surface area contributed by atoms with Crippen LogP contribution in [0.2, 0.25) is 0 Å². The largest absolute Gasteiger partial charge is 0.335 e. The van der Waals surface area contributed by atoms with Crippen molar-refractivity contribution in [2.75, 3.05) is 23.4 Å². The minimum atomic E-state index is -3.03. The lowest BCUT2D eigenvalue weighted by Gasteiger charge is -2.27. The van der Waals surface area contributed by atoms with Crippen molar-refractivity contribution in [3.8, 4) is 0 Å². The van der Waals surface area contributed by atoms with E-state index in [-0.39, 0.29) is 29.4 Å². The van der Waals surface area contributed by atoms with Crippen LogP contribution in [0.3, 0.4) is 0 Å². The highest BCUT2D eigenvalue weighted by molar-refractivity contribution is 7.91. The molecule has 0 bridgehead atoms. The third-order valence-corrected chi connectivity index (χ3v) is 6.08. The predicted octanol–water partition coefficient (Wildman–Crippen LogP) is 2.47. The second-order valence-corrected chi connectivity index (χ2v) is 8.81. The molecule has 1 atom stereocenters. The highest BCUT2D eigenvalue weighted by atomic mass is 32.2. The van der Waals surface area contributed by atoms with E-state index in [2.05, 4.69) is 5.32 Å². The van der Waals surface area contributed by atoms with E-state index in [0.29, 0.717) is 18.7 Å². The van der Waals surface area contributed by atoms with Gasteiger partial charge in [0.2, 0.25) is 11.8 Å². The molecule has 1 fully saturated rings. The van der Waals surface area contributed by atoms with E-state index in [9.17, 15) is 18.0 Å². The van der Waals surface area contributed by atoms with Crippen molar-refractivity contribution < 1.29 is 18.0 Å². The number of amides is 2. The zero-order valence-corrected chi connectivity index (χ0v) is 16.1. The molecule has 0 aliphatic carbocycles. The lowest BCUT2D eigenvalue weighted by Crippen LogP contribution is -2.40. The molecule has 0 saturated carbocycles. The summed E-state index contributed by atoms with van der Waals surface area (Å²) in [6, 6.07) is 6.93. The fourth-order valence-electron chi connectivity index (χ4n) is 2.97. The molecular weight excluding hydrogens is 352 g/mol. The Kier molecular flexibility index (Phi) is 6.97. The maximum absolute atomic E-state index is 12.6. The number of hydrogen-bond donors (Lipinski definition) is 1. The van der Waals surface area contributed by atoms with Crippen molar-refractivity contribution in [2.45, 2.75) is 39.2 Å². The van der Waals surface area contributed by atoms with Crippen LogP contribution in [-0.4, -0.2) is 49.2 Å². The zero-order chi connectivity index (χ0) is 19.2. The van der Waals surface area contributed by atoms with Gasteiger partial charge in [-0.3, -0.25) is 9.59 Å². The maximum atomic E-state index is 12.6. The summed E-state index contributed by atoms with van der Waals surface area (Å²) in [6.45, 7) is 4.06. The van der Waals surface area contributed by atoms with Crippen molar-refractivity contribution in [1.82, 2.24) is 4.90 Å². The van der Waals surface area contributed by atoms with Gasteiger partial charge in [0.15, 0.2) is 9.84 Å². The number of hydrogen-bond acceptors (Lipinski definition) is 4. The van der Waals surface area contributed by atoms with Gasteiger partial charge in [0.05, 0.1) is 11.5 Å². The van der Waals surface area contributed by atoms with Gasteiger partial charge < -0.3 is 10.2 Å². The van der Waals surface area contributed by atoms with Gasteiger partial charge >= 0.3 is 0 Å². The Hall–Kier alpha value is -2.15. The van der Waals surface area contributed by atoms with E-state index in [1.165, 1.54) is 13.0 Å². The molecule has 0 aromatic heterocycles. The van der Waals surface area contributed by atoms with Crippen LogP contribution in [0.5, 0.6) is 0 Å². The average Bonchev–Trinajstić information content (AvgIpc) is 2.94. The van der Waals surface area contributed by atoms with Crippen molar-refractivity contribution in [3.05, 3.63) is 35.9 Å². The van der Waals surface area contributed by atoms with Crippen LogP contribution >= 0.6 is 0 Å². The van der Waals surface area contributed by atoms with Crippen molar-refractivity contribution in [1.29, 1.82) is 0 Å². The van der Waals surface area contributed by atoms with Gasteiger partial charge in [0, 0.05) is 31.3 Å². The molecule has 1 heterocycles. The van der Waals surface area contributed by atoms with Gasteiger partial charge in [0.1, 0.15) is 0 Å². The molecule has 7 heteroatoms. The Balaban J connectivity index is 2.05. The number of carbonyl (C=O) groups is 2. The van der Waals surface area contributed by atoms with Gasteiger partial charge in [0.25, 0.3) is 0 Å². The fourth-order valence-corrected chi connectivity index (χ4v) is 4.70. The molecule has 6 nitrogen and oxygen atoms in total. The number of anilines is 1. The zero-order valence-electron chi connectivity index (χ0n) is 15.3. The number of unbranched alkanes of at least 4 members (excludes halogenated alkanes) is 1. The number of rotatable bonds is 7. The Morgan fingerprint density at radius 3 is 2.50 bits per heavy atom. The third-order valence-electron chi connectivity index (χ3n) is 4.33. The van der Waals surface area contributed by atoms with E-state index in [4.69, 9.17) is 0 Å². The third kappa shape index (κ3) is 5.98. The highest BCUT2D eigenvalue weighted by Crippen LogP contribution is 2.19. The summed E-state index contributed by atoms with van der Waals surface area (Å²) >= 11 is 0. The number of nitrogens with zero attached hydrogens (tertiary/aromatic N) is 1. The van der Waals surface area contributed by atoms with Crippen LogP contribution in [0, 0.1) is 0 Å². The van der Waals surface area contributed by atoms with Crippen molar-refractivity contribution in [2.24, 2.45) is 0 Å². The minimum absolute atomic E-state index is 0.0572. The molecule has 0 spiro atoms. The molecule has 2 amide bonds. The summed E-state index contributed by atoms with van der Waals surface area (Å²) < 4.78 is 23.5. The first-order valence-corrected chi connectivity index (χ1v) is 10.7. The lowest BCUT2D eigenvalue weighted by molar-refractivity contribution is -0.127. The van der Waals surface area contributed by atoms with Crippen LogP contribution in [0.4, 0.5) is 5.69 Å². The first kappa shape index (κ1) is 20.2. The molecule has 1 N–H and O–H groups in total. The summed E-state index contributed by atoms with van der Waals surface area (Å²) in [5.74, 6) is -0.0862. The molecule has 1 saturated heterocycles. The average molecular weight is 378 g/mol. The second-order valence-electron chi connectivity index (χ2n) is 6.58. The molecule has 142 valence electrons. The molecule has 1 aliphatic heterocycles. The summed E-state index contributed by atoms with van der Waals surface area (Å²) in [4.78, 5) is 25.3. The maximum Gasteiger partial charge on any atom is 0.246 e. The Labute approximate surface area is 155 Å². The second kappa shape index (κ2) is 8.98. The van der Waals surface area contributed by atoms with Gasteiger partial charge in [-0.2, -0.15) is 0 Å². The van der Waals surface area contributed by atoms with Crippen molar-refractivity contribution >= 4 is 33.4 Å². The number of carbonyl (C=O) groups excluding carboxylic acids is 2. The SMILES string of the molecule is CCCCN(C(=O)/C=C/c1ccc(NC(C)=O)cc1)C1CCS(=O)(=O)C1. The van der Waals surface area contributed by atoms with E-state index in [1.54, 1.807) is 23.1 Å². The topological polar surface area (TPSA) is 83.6 Å².